The van der Waals surface area contributed by atoms with Crippen LogP contribution in [0.2, 0.25) is 0 Å². The SMILES string of the molecule is CN(Cc1cn[nH]c1)C(=O)NCC(C)(O)CC(=O)O. The fourth-order valence-electron chi connectivity index (χ4n) is 1.50. The first kappa shape index (κ1) is 15.0. The van der Waals surface area contributed by atoms with Crippen LogP contribution in [-0.4, -0.2) is 56.5 Å². The Balaban J connectivity index is 2.40. The third-order valence-electron chi connectivity index (χ3n) is 2.47. The number of rotatable bonds is 6. The number of aliphatic hydroxyl groups is 1. The van der Waals surface area contributed by atoms with Crippen LogP contribution in [0.15, 0.2) is 12.4 Å². The molecule has 0 aromatic carbocycles. The van der Waals surface area contributed by atoms with Gasteiger partial charge in [0.05, 0.1) is 24.8 Å². The maximum atomic E-state index is 11.7. The standard InChI is InChI=1S/C11H18N4O4/c1-11(19,3-9(16)17)7-12-10(18)15(2)6-8-4-13-14-5-8/h4-5,19H,3,6-7H2,1-2H3,(H,12,18)(H,13,14)(H,16,17). The predicted molar refractivity (Wildman–Crippen MR) is 66.3 cm³/mol. The number of carboxylic acids is 1. The normalized spacial score (nSPS) is 13.6. The molecule has 8 heteroatoms. The first-order valence-electron chi connectivity index (χ1n) is 5.71. The molecule has 1 unspecified atom stereocenters. The number of urea groups is 1. The molecule has 19 heavy (non-hydrogen) atoms. The summed E-state index contributed by atoms with van der Waals surface area (Å²) in [7, 11) is 1.59. The zero-order valence-corrected chi connectivity index (χ0v) is 10.9. The summed E-state index contributed by atoms with van der Waals surface area (Å²) in [6.07, 6.45) is 2.84. The predicted octanol–water partition coefficient (Wildman–Crippen LogP) is -0.223. The van der Waals surface area contributed by atoms with Crippen molar-refractivity contribution in [2.75, 3.05) is 13.6 Å². The van der Waals surface area contributed by atoms with E-state index < -0.39 is 24.0 Å². The number of nitrogens with one attached hydrogen (secondary N) is 2. The number of aliphatic carboxylic acids is 1. The van der Waals surface area contributed by atoms with E-state index in [-0.39, 0.29) is 6.54 Å². The third kappa shape index (κ3) is 5.38. The summed E-state index contributed by atoms with van der Waals surface area (Å²) in [6.45, 7) is 1.59. The minimum absolute atomic E-state index is 0.131. The second-order valence-corrected chi connectivity index (χ2v) is 4.69. The number of carbonyl (C=O) groups excluding carboxylic acids is 1. The minimum Gasteiger partial charge on any atom is -0.481 e. The summed E-state index contributed by atoms with van der Waals surface area (Å²) in [5, 5.41) is 27.2. The number of carboxylic acid groups (broad SMARTS) is 1. The fraction of sp³-hybridized carbons (Fsp3) is 0.545. The molecule has 0 fully saturated rings. The number of amides is 2. The highest BCUT2D eigenvalue weighted by Gasteiger charge is 2.25. The summed E-state index contributed by atoms with van der Waals surface area (Å²) in [5.41, 5.74) is -0.632. The average molecular weight is 270 g/mol. The number of hydrogen-bond donors (Lipinski definition) is 4. The Bertz CT molecular complexity index is 430. The lowest BCUT2D eigenvalue weighted by Crippen LogP contribution is -2.46. The molecule has 0 aliphatic rings. The van der Waals surface area contributed by atoms with Crippen LogP contribution in [0.5, 0.6) is 0 Å². The molecule has 1 heterocycles. The van der Waals surface area contributed by atoms with Gasteiger partial charge in [0.15, 0.2) is 0 Å². The summed E-state index contributed by atoms with van der Waals surface area (Å²) in [4.78, 5) is 23.6. The van der Waals surface area contributed by atoms with Crippen LogP contribution in [0.4, 0.5) is 4.79 Å². The van der Waals surface area contributed by atoms with Gasteiger partial charge in [-0.1, -0.05) is 0 Å². The quantitative estimate of drug-likeness (QED) is 0.569. The van der Waals surface area contributed by atoms with Gasteiger partial charge >= 0.3 is 12.0 Å². The number of aromatic amines is 1. The summed E-state index contributed by atoms with van der Waals surface area (Å²) in [6, 6.07) is -0.396. The van der Waals surface area contributed by atoms with Gasteiger partial charge < -0.3 is 20.4 Å². The van der Waals surface area contributed by atoms with Crippen LogP contribution < -0.4 is 5.32 Å². The molecular weight excluding hydrogens is 252 g/mol. The number of carbonyl (C=O) groups is 2. The molecule has 0 saturated carbocycles. The Morgan fingerprint density at radius 1 is 1.58 bits per heavy atom. The van der Waals surface area contributed by atoms with Gasteiger partial charge in [-0.2, -0.15) is 5.10 Å². The monoisotopic (exact) mass is 270 g/mol. The smallest absolute Gasteiger partial charge is 0.317 e. The number of aromatic nitrogens is 2. The Morgan fingerprint density at radius 2 is 2.26 bits per heavy atom. The largest absolute Gasteiger partial charge is 0.481 e. The van der Waals surface area contributed by atoms with Crippen LogP contribution in [0, 0.1) is 0 Å². The molecule has 1 aromatic heterocycles. The fourth-order valence-corrected chi connectivity index (χ4v) is 1.50. The van der Waals surface area contributed by atoms with Crippen LogP contribution >= 0.6 is 0 Å². The minimum atomic E-state index is -1.47. The molecule has 8 nitrogen and oxygen atoms in total. The van der Waals surface area contributed by atoms with E-state index in [2.05, 4.69) is 15.5 Å². The van der Waals surface area contributed by atoms with Gasteiger partial charge in [-0.25, -0.2) is 4.79 Å². The Labute approximate surface area is 110 Å². The summed E-state index contributed by atoms with van der Waals surface area (Å²) in [5.74, 6) is -1.12. The van der Waals surface area contributed by atoms with E-state index in [0.29, 0.717) is 6.54 Å². The first-order chi connectivity index (χ1) is 8.80. The summed E-state index contributed by atoms with van der Waals surface area (Å²) < 4.78 is 0. The van der Waals surface area contributed by atoms with Crippen LogP contribution in [0.1, 0.15) is 18.9 Å². The van der Waals surface area contributed by atoms with Crippen molar-refractivity contribution in [1.82, 2.24) is 20.4 Å². The summed E-state index contributed by atoms with van der Waals surface area (Å²) >= 11 is 0. The Kier molecular flexibility index (Phi) is 4.87. The van der Waals surface area contributed by atoms with E-state index in [0.717, 1.165) is 5.56 Å². The topological polar surface area (TPSA) is 119 Å². The molecule has 2 amide bonds. The maximum Gasteiger partial charge on any atom is 0.317 e. The molecule has 0 aliphatic heterocycles. The number of nitrogens with zero attached hydrogens (tertiary/aromatic N) is 2. The molecule has 1 aromatic rings. The Morgan fingerprint density at radius 3 is 2.79 bits per heavy atom. The van der Waals surface area contributed by atoms with Crippen molar-refractivity contribution < 1.29 is 19.8 Å². The van der Waals surface area contributed by atoms with E-state index in [1.165, 1.54) is 11.8 Å². The highest BCUT2D eigenvalue weighted by molar-refractivity contribution is 5.74. The third-order valence-corrected chi connectivity index (χ3v) is 2.47. The molecule has 0 bridgehead atoms. The first-order valence-corrected chi connectivity index (χ1v) is 5.71. The van der Waals surface area contributed by atoms with Crippen molar-refractivity contribution in [3.63, 3.8) is 0 Å². The van der Waals surface area contributed by atoms with Crippen molar-refractivity contribution in [2.45, 2.75) is 25.5 Å². The number of hydrogen-bond acceptors (Lipinski definition) is 4. The van der Waals surface area contributed by atoms with Crippen LogP contribution in [-0.2, 0) is 11.3 Å². The van der Waals surface area contributed by atoms with Gasteiger partial charge in [0.1, 0.15) is 0 Å². The van der Waals surface area contributed by atoms with Crippen molar-refractivity contribution in [1.29, 1.82) is 0 Å². The zero-order chi connectivity index (χ0) is 14.5. The van der Waals surface area contributed by atoms with E-state index in [4.69, 9.17) is 5.11 Å². The van der Waals surface area contributed by atoms with E-state index in [1.807, 2.05) is 0 Å². The van der Waals surface area contributed by atoms with E-state index >= 15 is 0 Å². The average Bonchev–Trinajstić information content (AvgIpc) is 2.76. The second-order valence-electron chi connectivity index (χ2n) is 4.69. The van der Waals surface area contributed by atoms with E-state index in [9.17, 15) is 14.7 Å². The lowest BCUT2D eigenvalue weighted by atomic mass is 10.0. The number of H-pyrrole nitrogens is 1. The molecular formula is C11H18N4O4. The van der Waals surface area contributed by atoms with Crippen LogP contribution in [0.25, 0.3) is 0 Å². The van der Waals surface area contributed by atoms with Crippen molar-refractivity contribution in [2.24, 2.45) is 0 Å². The van der Waals surface area contributed by atoms with Crippen molar-refractivity contribution >= 4 is 12.0 Å². The zero-order valence-electron chi connectivity index (χ0n) is 10.9. The molecule has 0 radical (unpaired) electrons. The van der Waals surface area contributed by atoms with E-state index in [1.54, 1.807) is 19.4 Å². The van der Waals surface area contributed by atoms with Gasteiger partial charge in [0.25, 0.3) is 0 Å². The van der Waals surface area contributed by atoms with Crippen molar-refractivity contribution in [3.8, 4) is 0 Å². The molecule has 106 valence electrons. The maximum absolute atomic E-state index is 11.7. The highest BCUT2D eigenvalue weighted by atomic mass is 16.4. The van der Waals surface area contributed by atoms with Gasteiger partial charge in [0.2, 0.25) is 0 Å². The lowest BCUT2D eigenvalue weighted by molar-refractivity contribution is -0.141. The molecule has 1 rings (SSSR count). The second kappa shape index (κ2) is 6.19. The molecule has 4 N–H and O–H groups in total. The van der Waals surface area contributed by atoms with Crippen molar-refractivity contribution in [3.05, 3.63) is 18.0 Å². The molecule has 0 aliphatic carbocycles. The van der Waals surface area contributed by atoms with Gasteiger partial charge in [-0.15, -0.1) is 0 Å². The molecule has 0 saturated heterocycles. The Hall–Kier alpha value is -2.09. The van der Waals surface area contributed by atoms with Crippen LogP contribution in [0.3, 0.4) is 0 Å². The molecule has 1 atom stereocenters. The van der Waals surface area contributed by atoms with Gasteiger partial charge in [-0.3, -0.25) is 9.89 Å². The molecule has 0 spiro atoms. The van der Waals surface area contributed by atoms with Gasteiger partial charge in [-0.05, 0) is 6.92 Å². The van der Waals surface area contributed by atoms with Gasteiger partial charge in [0, 0.05) is 25.4 Å². The lowest BCUT2D eigenvalue weighted by Gasteiger charge is -2.24. The highest BCUT2D eigenvalue weighted by Crippen LogP contribution is 2.08.